The molecule has 1 aliphatic rings. The van der Waals surface area contributed by atoms with Crippen LogP contribution in [0.25, 0.3) is 17.0 Å². The normalized spacial score (nSPS) is 15.2. The van der Waals surface area contributed by atoms with Gasteiger partial charge in [0.2, 0.25) is 0 Å². The van der Waals surface area contributed by atoms with E-state index >= 15 is 0 Å². The molecule has 1 aliphatic heterocycles. The second-order valence-electron chi connectivity index (χ2n) is 7.89. The number of urea groups is 1. The predicted molar refractivity (Wildman–Crippen MR) is 132 cm³/mol. The number of amides is 4. The van der Waals surface area contributed by atoms with E-state index in [0.717, 1.165) is 26.0 Å². The minimum atomic E-state index is -0.777. The smallest absolute Gasteiger partial charge is 0.331 e. The minimum Gasteiger partial charge on any atom is -0.492 e. The number of ether oxygens (including phenoxy) is 1. The van der Waals surface area contributed by atoms with Crippen LogP contribution in [-0.2, 0) is 22.7 Å². The zero-order chi connectivity index (χ0) is 24.4. The number of carbonyl (C=O) groups is 3. The summed E-state index contributed by atoms with van der Waals surface area (Å²) in [6.45, 7) is 0.918. The summed E-state index contributed by atoms with van der Waals surface area (Å²) in [6, 6.07) is 17.8. The number of nitrogens with zero attached hydrogens (tertiary/aromatic N) is 2. The zero-order valence-corrected chi connectivity index (χ0v) is 20.0. The molecule has 0 saturated carbocycles. The van der Waals surface area contributed by atoms with E-state index in [-0.39, 0.29) is 12.1 Å². The Morgan fingerprint density at radius 2 is 1.80 bits per heavy atom. The van der Waals surface area contributed by atoms with Crippen LogP contribution < -0.4 is 10.1 Å². The monoisotopic (exact) mass is 533 g/mol. The number of nitrogens with one attached hydrogen (secondary N) is 1. The van der Waals surface area contributed by atoms with E-state index in [4.69, 9.17) is 9.15 Å². The minimum absolute atomic E-state index is 0.0720. The Morgan fingerprint density at radius 3 is 2.57 bits per heavy atom. The molecule has 1 N–H and O–H groups in total. The van der Waals surface area contributed by atoms with Crippen molar-refractivity contribution in [2.24, 2.45) is 0 Å². The highest BCUT2D eigenvalue weighted by atomic mass is 79.9. The molecule has 176 valence electrons. The third-order valence-corrected chi connectivity index (χ3v) is 6.14. The fourth-order valence-corrected chi connectivity index (χ4v) is 4.18. The maximum absolute atomic E-state index is 13.1. The lowest BCUT2D eigenvalue weighted by molar-refractivity contribution is -0.130. The van der Waals surface area contributed by atoms with Gasteiger partial charge in [-0.2, -0.15) is 0 Å². The molecule has 2 aromatic heterocycles. The van der Waals surface area contributed by atoms with Crippen molar-refractivity contribution in [1.29, 1.82) is 0 Å². The first kappa shape index (κ1) is 22.7. The van der Waals surface area contributed by atoms with Crippen LogP contribution in [0.4, 0.5) is 4.79 Å². The highest BCUT2D eigenvalue weighted by Crippen LogP contribution is 2.26. The largest absolute Gasteiger partial charge is 0.492 e. The highest BCUT2D eigenvalue weighted by molar-refractivity contribution is 9.10. The van der Waals surface area contributed by atoms with Crippen molar-refractivity contribution < 1.29 is 23.5 Å². The van der Waals surface area contributed by atoms with Crippen molar-refractivity contribution in [3.05, 3.63) is 94.5 Å². The molecule has 0 atom stereocenters. The van der Waals surface area contributed by atoms with Crippen LogP contribution in [0.3, 0.4) is 0 Å². The second kappa shape index (κ2) is 9.63. The van der Waals surface area contributed by atoms with Crippen LogP contribution in [0.15, 0.2) is 87.6 Å². The van der Waals surface area contributed by atoms with E-state index in [1.54, 1.807) is 12.1 Å². The number of furan rings is 1. The van der Waals surface area contributed by atoms with Gasteiger partial charge >= 0.3 is 6.03 Å². The van der Waals surface area contributed by atoms with Gasteiger partial charge in [-0.15, -0.1) is 0 Å². The lowest BCUT2D eigenvalue weighted by Gasteiger charge is -2.25. The summed E-state index contributed by atoms with van der Waals surface area (Å²) in [5.74, 6) is -0.209. The molecule has 0 aliphatic carbocycles. The van der Waals surface area contributed by atoms with Gasteiger partial charge in [-0.25, -0.2) is 4.79 Å². The van der Waals surface area contributed by atoms with E-state index in [2.05, 4.69) is 21.2 Å². The van der Waals surface area contributed by atoms with Crippen molar-refractivity contribution in [3.8, 4) is 5.75 Å². The lowest BCUT2D eigenvalue weighted by Crippen LogP contribution is -2.53. The van der Waals surface area contributed by atoms with E-state index in [9.17, 15) is 14.4 Å². The van der Waals surface area contributed by atoms with Gasteiger partial charge in [0.15, 0.2) is 0 Å². The first-order valence-electron chi connectivity index (χ1n) is 10.9. The van der Waals surface area contributed by atoms with Crippen LogP contribution in [-0.4, -0.2) is 33.9 Å². The quantitative estimate of drug-likeness (QED) is 0.273. The van der Waals surface area contributed by atoms with Crippen molar-refractivity contribution in [3.63, 3.8) is 0 Å². The van der Waals surface area contributed by atoms with Crippen molar-refractivity contribution >= 4 is 50.8 Å². The highest BCUT2D eigenvalue weighted by Gasteiger charge is 2.36. The first-order valence-corrected chi connectivity index (χ1v) is 11.7. The van der Waals surface area contributed by atoms with Crippen LogP contribution in [0, 0.1) is 0 Å². The SMILES string of the molecule is O=C1NC(=O)N(Cc2ccco2)C(=O)C1=Cc1cn(CCOc2ccc(Br)cc2)c2ccccc12. The number of hydrogen-bond acceptors (Lipinski definition) is 5. The Bertz CT molecular complexity index is 1440. The maximum Gasteiger partial charge on any atom is 0.331 e. The number of rotatable bonds is 7. The molecule has 4 amide bonds. The van der Waals surface area contributed by atoms with E-state index in [1.807, 2.05) is 59.3 Å². The fraction of sp³-hybridized carbons (Fsp3) is 0.115. The molecule has 0 unspecified atom stereocenters. The van der Waals surface area contributed by atoms with Gasteiger partial charge in [-0.1, -0.05) is 34.1 Å². The Labute approximate surface area is 208 Å². The molecule has 8 nitrogen and oxygen atoms in total. The predicted octanol–water partition coefficient (Wildman–Crippen LogP) is 4.74. The van der Waals surface area contributed by atoms with Gasteiger partial charge in [0, 0.05) is 27.1 Å². The van der Waals surface area contributed by atoms with Gasteiger partial charge in [0.1, 0.15) is 23.7 Å². The molecule has 1 fully saturated rings. The Morgan fingerprint density at radius 1 is 1.00 bits per heavy atom. The van der Waals surface area contributed by atoms with Gasteiger partial charge < -0.3 is 13.7 Å². The van der Waals surface area contributed by atoms with Crippen molar-refractivity contribution in [2.75, 3.05) is 6.61 Å². The molecule has 1 saturated heterocycles. The second-order valence-corrected chi connectivity index (χ2v) is 8.80. The molecule has 3 heterocycles. The third-order valence-electron chi connectivity index (χ3n) is 5.61. The number of barbiturate groups is 1. The number of imide groups is 2. The average molecular weight is 534 g/mol. The molecular formula is C26H20BrN3O5. The third kappa shape index (κ3) is 4.76. The molecule has 2 aromatic carbocycles. The number of benzene rings is 2. The molecule has 9 heteroatoms. The van der Waals surface area contributed by atoms with E-state index in [0.29, 0.717) is 24.5 Å². The first-order chi connectivity index (χ1) is 17.0. The number of hydrogen-bond donors (Lipinski definition) is 1. The van der Waals surface area contributed by atoms with Crippen molar-refractivity contribution in [1.82, 2.24) is 14.8 Å². The van der Waals surface area contributed by atoms with Gasteiger partial charge in [0.25, 0.3) is 11.8 Å². The number of aromatic nitrogens is 1. The lowest BCUT2D eigenvalue weighted by atomic mass is 10.1. The fourth-order valence-electron chi connectivity index (χ4n) is 3.92. The summed E-state index contributed by atoms with van der Waals surface area (Å²) < 4.78 is 14.1. The van der Waals surface area contributed by atoms with Gasteiger partial charge in [-0.3, -0.25) is 19.8 Å². The van der Waals surface area contributed by atoms with Gasteiger partial charge in [-0.05, 0) is 48.5 Å². The van der Waals surface area contributed by atoms with Crippen molar-refractivity contribution in [2.45, 2.75) is 13.1 Å². The summed E-state index contributed by atoms with van der Waals surface area (Å²) in [4.78, 5) is 38.9. The number of fused-ring (bicyclic) bond motifs is 1. The summed E-state index contributed by atoms with van der Waals surface area (Å²) in [6.07, 6.45) is 4.85. The van der Waals surface area contributed by atoms with Crippen LogP contribution in [0.5, 0.6) is 5.75 Å². The molecule has 0 radical (unpaired) electrons. The maximum atomic E-state index is 13.1. The molecular weight excluding hydrogens is 514 g/mol. The topological polar surface area (TPSA) is 93.8 Å². The van der Waals surface area contributed by atoms with Crippen LogP contribution in [0.1, 0.15) is 11.3 Å². The number of para-hydroxylation sites is 1. The summed E-state index contributed by atoms with van der Waals surface area (Å²) >= 11 is 3.41. The molecule has 35 heavy (non-hydrogen) atoms. The summed E-state index contributed by atoms with van der Waals surface area (Å²) in [7, 11) is 0. The molecule has 4 aromatic rings. The average Bonchev–Trinajstić information content (AvgIpc) is 3.49. The summed E-state index contributed by atoms with van der Waals surface area (Å²) in [5.41, 5.74) is 1.51. The summed E-state index contributed by atoms with van der Waals surface area (Å²) in [5, 5.41) is 3.11. The number of carbonyl (C=O) groups excluding carboxylic acids is 3. The number of halogens is 1. The van der Waals surface area contributed by atoms with Gasteiger partial charge in [0.05, 0.1) is 19.4 Å². The zero-order valence-electron chi connectivity index (χ0n) is 18.4. The van der Waals surface area contributed by atoms with E-state index < -0.39 is 17.8 Å². The van der Waals surface area contributed by atoms with Crippen LogP contribution in [0.2, 0.25) is 0 Å². The van der Waals surface area contributed by atoms with E-state index in [1.165, 1.54) is 12.3 Å². The Balaban J connectivity index is 1.41. The van der Waals surface area contributed by atoms with Crippen LogP contribution >= 0.6 is 15.9 Å². The molecule has 0 bridgehead atoms. The standard InChI is InChI=1S/C26H20BrN3O5/c27-18-7-9-19(10-8-18)35-13-11-29-15-17(21-5-1-2-6-23(21)29)14-22-24(31)28-26(33)30(25(22)32)16-20-4-3-12-34-20/h1-10,12,14-15H,11,13,16H2,(H,28,31,33). The Kier molecular flexibility index (Phi) is 6.24. The molecule has 0 spiro atoms. The molecule has 5 rings (SSSR count). The Hall–Kier alpha value is -4.11.